The molecular weight excluding hydrogens is 423 g/mol. The fourth-order valence-electron chi connectivity index (χ4n) is 2.29. The summed E-state index contributed by atoms with van der Waals surface area (Å²) in [6.45, 7) is 1.59. The van der Waals surface area contributed by atoms with Crippen LogP contribution in [0.2, 0.25) is 5.02 Å². The van der Waals surface area contributed by atoms with Crippen molar-refractivity contribution in [1.82, 2.24) is 9.97 Å². The molecule has 0 saturated carbocycles. The molecule has 30 heavy (non-hydrogen) atoms. The maximum atomic E-state index is 12.7. The van der Waals surface area contributed by atoms with E-state index in [1.54, 1.807) is 37.4 Å². The van der Waals surface area contributed by atoms with Crippen molar-refractivity contribution >= 4 is 23.2 Å². The van der Waals surface area contributed by atoms with Gasteiger partial charge in [-0.05, 0) is 49.4 Å². The van der Waals surface area contributed by atoms with Gasteiger partial charge in [-0.15, -0.1) is 0 Å². The van der Waals surface area contributed by atoms with E-state index >= 15 is 0 Å². The fourth-order valence-corrected chi connectivity index (χ4v) is 2.50. The third kappa shape index (κ3) is 5.60. The van der Waals surface area contributed by atoms with Crippen LogP contribution in [0.4, 0.5) is 18.9 Å². The van der Waals surface area contributed by atoms with Gasteiger partial charge in [-0.2, -0.15) is 13.2 Å². The number of anilines is 1. The molecule has 3 rings (SSSR count). The predicted octanol–water partition coefficient (Wildman–Crippen LogP) is 5.35. The number of ether oxygens (including phenoxy) is 2. The third-order valence-electron chi connectivity index (χ3n) is 3.78. The Bertz CT molecular complexity index is 1020. The number of nitrogens with zero attached hydrogens (tertiary/aromatic N) is 2. The van der Waals surface area contributed by atoms with Gasteiger partial charge in [-0.1, -0.05) is 11.6 Å². The average Bonchev–Trinajstić information content (AvgIpc) is 2.71. The minimum absolute atomic E-state index is 0.164. The van der Waals surface area contributed by atoms with Gasteiger partial charge in [0.05, 0.1) is 17.4 Å². The van der Waals surface area contributed by atoms with E-state index in [1.807, 2.05) is 0 Å². The molecule has 1 N–H and O–H groups in total. The van der Waals surface area contributed by atoms with Crippen molar-refractivity contribution in [1.29, 1.82) is 0 Å². The molecular formula is C20H15ClF3N3O3. The molecule has 0 radical (unpaired) electrons. The Balaban J connectivity index is 1.60. The summed E-state index contributed by atoms with van der Waals surface area (Å²) in [6.07, 6.45) is -1.60. The molecule has 0 saturated heterocycles. The van der Waals surface area contributed by atoms with Gasteiger partial charge >= 0.3 is 6.18 Å². The van der Waals surface area contributed by atoms with E-state index in [1.165, 1.54) is 18.3 Å². The largest absolute Gasteiger partial charge is 0.481 e. The number of halogens is 4. The number of carbonyl (C=O) groups is 1. The molecule has 0 fully saturated rings. The zero-order valence-electron chi connectivity index (χ0n) is 15.5. The number of pyridine rings is 2. The van der Waals surface area contributed by atoms with Crippen LogP contribution in [-0.2, 0) is 11.0 Å². The molecule has 2 heterocycles. The lowest BCUT2D eigenvalue weighted by Crippen LogP contribution is -2.30. The van der Waals surface area contributed by atoms with Crippen molar-refractivity contribution < 1.29 is 27.4 Å². The summed E-state index contributed by atoms with van der Waals surface area (Å²) < 4.78 is 49.0. The van der Waals surface area contributed by atoms with Gasteiger partial charge in [-0.3, -0.25) is 9.78 Å². The van der Waals surface area contributed by atoms with Gasteiger partial charge in [0, 0.05) is 12.4 Å². The molecule has 1 amide bonds. The van der Waals surface area contributed by atoms with E-state index in [0.717, 1.165) is 6.07 Å². The zero-order chi connectivity index (χ0) is 21.7. The van der Waals surface area contributed by atoms with Crippen molar-refractivity contribution in [2.75, 3.05) is 5.32 Å². The van der Waals surface area contributed by atoms with Crippen LogP contribution < -0.4 is 14.8 Å². The number of hydrogen-bond donors (Lipinski definition) is 1. The Morgan fingerprint density at radius 1 is 1.13 bits per heavy atom. The van der Waals surface area contributed by atoms with Crippen LogP contribution in [0.1, 0.15) is 12.5 Å². The number of nitrogens with one attached hydrogen (secondary N) is 1. The Hall–Kier alpha value is -3.33. The second-order valence-electron chi connectivity index (χ2n) is 6.07. The van der Waals surface area contributed by atoms with Gasteiger partial charge in [-0.25, -0.2) is 4.98 Å². The highest BCUT2D eigenvalue weighted by molar-refractivity contribution is 6.31. The second-order valence-corrected chi connectivity index (χ2v) is 6.48. The molecule has 3 aromatic rings. The van der Waals surface area contributed by atoms with Crippen LogP contribution in [0.3, 0.4) is 0 Å². The van der Waals surface area contributed by atoms with Crippen molar-refractivity contribution in [2.24, 2.45) is 0 Å². The lowest BCUT2D eigenvalue weighted by molar-refractivity contribution is -0.137. The Kier molecular flexibility index (Phi) is 6.41. The second kappa shape index (κ2) is 9.00. The van der Waals surface area contributed by atoms with Crippen LogP contribution in [0, 0.1) is 0 Å². The third-order valence-corrected chi connectivity index (χ3v) is 4.05. The van der Waals surface area contributed by atoms with Crippen molar-refractivity contribution in [2.45, 2.75) is 19.2 Å². The molecule has 2 aromatic heterocycles. The first-order valence-electron chi connectivity index (χ1n) is 8.60. The molecule has 0 aliphatic carbocycles. The molecule has 0 spiro atoms. The van der Waals surface area contributed by atoms with Gasteiger partial charge in [0.1, 0.15) is 16.5 Å². The van der Waals surface area contributed by atoms with Crippen LogP contribution in [0.15, 0.2) is 61.1 Å². The summed E-state index contributed by atoms with van der Waals surface area (Å²) in [5, 5.41) is 2.40. The molecule has 1 aromatic carbocycles. The first-order valence-corrected chi connectivity index (χ1v) is 8.98. The van der Waals surface area contributed by atoms with Gasteiger partial charge in [0.25, 0.3) is 5.91 Å². The minimum atomic E-state index is -4.55. The van der Waals surface area contributed by atoms with Gasteiger partial charge < -0.3 is 14.8 Å². The summed E-state index contributed by atoms with van der Waals surface area (Å²) in [6, 6.07) is 10.2. The predicted molar refractivity (Wildman–Crippen MR) is 104 cm³/mol. The molecule has 10 heteroatoms. The van der Waals surface area contributed by atoms with E-state index in [2.05, 4.69) is 15.3 Å². The number of amides is 1. The molecule has 1 atom stereocenters. The smallest absolute Gasteiger partial charge is 0.417 e. The van der Waals surface area contributed by atoms with Crippen LogP contribution in [0.25, 0.3) is 0 Å². The molecule has 0 aliphatic heterocycles. The van der Waals surface area contributed by atoms with E-state index in [9.17, 15) is 18.0 Å². The first-order chi connectivity index (χ1) is 14.2. The van der Waals surface area contributed by atoms with Crippen LogP contribution in [-0.4, -0.2) is 22.0 Å². The molecule has 6 nitrogen and oxygen atoms in total. The summed E-state index contributed by atoms with van der Waals surface area (Å²) in [7, 11) is 0. The topological polar surface area (TPSA) is 73.3 Å². The minimum Gasteiger partial charge on any atom is -0.481 e. The van der Waals surface area contributed by atoms with Crippen molar-refractivity contribution in [3.8, 4) is 17.4 Å². The van der Waals surface area contributed by atoms with Gasteiger partial charge in [0.2, 0.25) is 5.88 Å². The highest BCUT2D eigenvalue weighted by atomic mass is 35.5. The lowest BCUT2D eigenvalue weighted by Gasteiger charge is -2.15. The number of alkyl halides is 3. The van der Waals surface area contributed by atoms with Gasteiger partial charge in [0.15, 0.2) is 6.10 Å². The molecule has 1 unspecified atom stereocenters. The van der Waals surface area contributed by atoms with E-state index in [4.69, 9.17) is 21.1 Å². The molecule has 0 aliphatic rings. The van der Waals surface area contributed by atoms with E-state index in [0.29, 0.717) is 17.6 Å². The Morgan fingerprint density at radius 3 is 2.43 bits per heavy atom. The lowest BCUT2D eigenvalue weighted by atomic mass is 10.3. The van der Waals surface area contributed by atoms with E-state index in [-0.39, 0.29) is 22.6 Å². The normalized spacial score (nSPS) is 12.2. The number of carbonyl (C=O) groups excluding carboxylic acids is 1. The highest BCUT2D eigenvalue weighted by Crippen LogP contribution is 2.34. The SMILES string of the molecule is CC(Oc1ccc(Oc2ncc(C(F)(F)F)cc2Cl)cc1)C(=O)Nc1cccnc1. The Morgan fingerprint density at radius 2 is 1.83 bits per heavy atom. The van der Waals surface area contributed by atoms with Crippen LogP contribution in [0.5, 0.6) is 17.4 Å². The van der Waals surface area contributed by atoms with E-state index < -0.39 is 17.8 Å². The highest BCUT2D eigenvalue weighted by Gasteiger charge is 2.31. The van der Waals surface area contributed by atoms with Crippen molar-refractivity contribution in [3.63, 3.8) is 0 Å². The average molecular weight is 438 g/mol. The number of benzene rings is 1. The standard InChI is InChI=1S/C20H15ClF3N3O3/c1-12(18(28)27-14-3-2-8-25-11-14)29-15-4-6-16(7-5-15)30-19-17(21)9-13(10-26-19)20(22,23)24/h2-12H,1H3,(H,27,28). The zero-order valence-corrected chi connectivity index (χ0v) is 16.2. The summed E-state index contributed by atoms with van der Waals surface area (Å²) in [5.41, 5.74) is -0.426. The maximum absolute atomic E-state index is 12.7. The molecule has 0 bridgehead atoms. The quantitative estimate of drug-likeness (QED) is 0.563. The Labute approximate surface area is 174 Å². The molecule has 156 valence electrons. The summed E-state index contributed by atoms with van der Waals surface area (Å²) in [4.78, 5) is 19.7. The monoisotopic (exact) mass is 437 g/mol. The number of rotatable bonds is 6. The van der Waals surface area contributed by atoms with Crippen LogP contribution >= 0.6 is 11.6 Å². The number of aromatic nitrogens is 2. The summed E-state index contributed by atoms with van der Waals surface area (Å²) in [5.74, 6) is 0.151. The summed E-state index contributed by atoms with van der Waals surface area (Å²) >= 11 is 5.83. The maximum Gasteiger partial charge on any atom is 0.417 e. The first kappa shape index (κ1) is 21.4. The number of hydrogen-bond acceptors (Lipinski definition) is 5. The fraction of sp³-hybridized carbons (Fsp3) is 0.150. The van der Waals surface area contributed by atoms with Crippen molar-refractivity contribution in [3.05, 3.63) is 71.6 Å².